The molecule has 148 valence electrons. The fourth-order valence-corrected chi connectivity index (χ4v) is 4.31. The Hall–Kier alpha value is -1.83. The van der Waals surface area contributed by atoms with Crippen molar-refractivity contribution in [1.82, 2.24) is 15.2 Å². The third-order valence-electron chi connectivity index (χ3n) is 4.91. The van der Waals surface area contributed by atoms with Crippen molar-refractivity contribution < 1.29 is 9.59 Å². The number of thiazole rings is 1. The number of hydrogen-bond donors (Lipinski definition) is 2. The highest BCUT2D eigenvalue weighted by Crippen LogP contribution is 2.33. The number of carbonyl (C=O) groups is 2. The molecule has 1 aliphatic carbocycles. The monoisotopic (exact) mass is 438 g/mol. The van der Waals surface area contributed by atoms with Crippen molar-refractivity contribution in [2.45, 2.75) is 44.2 Å². The number of hydrogen-bond acceptors (Lipinski definition) is 5. The van der Waals surface area contributed by atoms with Crippen LogP contribution in [0.2, 0.25) is 10.0 Å². The molecule has 4 rings (SSSR count). The topological polar surface area (TPSA) is 74.3 Å². The summed E-state index contributed by atoms with van der Waals surface area (Å²) in [6.07, 6.45) is 4.59. The molecular weight excluding hydrogens is 419 g/mol. The Balaban J connectivity index is 1.48. The number of rotatable bonds is 5. The number of carbonyl (C=O) groups excluding carboxylic acids is 2. The van der Waals surface area contributed by atoms with E-state index in [1.165, 1.54) is 11.3 Å². The number of nitrogens with zero attached hydrogens (tertiary/aromatic N) is 2. The van der Waals surface area contributed by atoms with Gasteiger partial charge in [-0.25, -0.2) is 4.98 Å². The molecule has 2 amide bonds. The van der Waals surface area contributed by atoms with Crippen LogP contribution in [-0.2, 0) is 4.79 Å². The molecule has 2 heterocycles. The molecule has 1 aromatic heterocycles. The van der Waals surface area contributed by atoms with Gasteiger partial charge in [0.25, 0.3) is 5.91 Å². The molecule has 1 aliphatic heterocycles. The largest absolute Gasteiger partial charge is 0.352 e. The first kappa shape index (κ1) is 19.5. The molecular formula is C19H20Cl2N4O2S. The van der Waals surface area contributed by atoms with E-state index in [2.05, 4.69) is 15.6 Å². The number of aromatic nitrogens is 1. The number of piperidine rings is 1. The SMILES string of the molecule is O=C(NC1CC1)C1CCCCN1C(=O)c1csc(Nc2cccc(Cl)c2Cl)n1. The van der Waals surface area contributed by atoms with Crippen LogP contribution in [0.4, 0.5) is 10.8 Å². The van der Waals surface area contributed by atoms with E-state index >= 15 is 0 Å². The third kappa shape index (κ3) is 4.26. The van der Waals surface area contributed by atoms with Crippen LogP contribution in [0.3, 0.4) is 0 Å². The van der Waals surface area contributed by atoms with Gasteiger partial charge >= 0.3 is 0 Å². The lowest BCUT2D eigenvalue weighted by Gasteiger charge is -2.34. The second-order valence-electron chi connectivity index (χ2n) is 7.06. The van der Waals surface area contributed by atoms with Crippen molar-refractivity contribution in [1.29, 1.82) is 0 Å². The number of nitrogens with one attached hydrogen (secondary N) is 2. The molecule has 2 N–H and O–H groups in total. The predicted molar refractivity (Wildman–Crippen MR) is 112 cm³/mol. The minimum Gasteiger partial charge on any atom is -0.352 e. The van der Waals surface area contributed by atoms with Gasteiger partial charge in [0.1, 0.15) is 11.7 Å². The molecule has 1 aromatic carbocycles. The lowest BCUT2D eigenvalue weighted by Crippen LogP contribution is -2.52. The smallest absolute Gasteiger partial charge is 0.274 e. The van der Waals surface area contributed by atoms with E-state index < -0.39 is 6.04 Å². The Morgan fingerprint density at radius 2 is 2.00 bits per heavy atom. The van der Waals surface area contributed by atoms with Crippen molar-refractivity contribution in [3.05, 3.63) is 39.3 Å². The summed E-state index contributed by atoms with van der Waals surface area (Å²) < 4.78 is 0. The maximum absolute atomic E-state index is 13.0. The summed E-state index contributed by atoms with van der Waals surface area (Å²) in [6, 6.07) is 5.15. The van der Waals surface area contributed by atoms with Crippen LogP contribution in [0.15, 0.2) is 23.6 Å². The minimum atomic E-state index is -0.415. The van der Waals surface area contributed by atoms with E-state index in [0.717, 1.165) is 25.7 Å². The van der Waals surface area contributed by atoms with E-state index in [0.29, 0.717) is 39.5 Å². The van der Waals surface area contributed by atoms with Crippen LogP contribution in [0.25, 0.3) is 0 Å². The molecule has 0 radical (unpaired) electrons. The van der Waals surface area contributed by atoms with Crippen LogP contribution < -0.4 is 10.6 Å². The van der Waals surface area contributed by atoms with E-state index in [1.54, 1.807) is 28.5 Å². The zero-order chi connectivity index (χ0) is 19.7. The van der Waals surface area contributed by atoms with Gasteiger partial charge in [0.05, 0.1) is 15.7 Å². The molecule has 1 atom stereocenters. The van der Waals surface area contributed by atoms with Gasteiger partial charge < -0.3 is 15.5 Å². The fraction of sp³-hybridized carbons (Fsp3) is 0.421. The molecule has 1 saturated heterocycles. The van der Waals surface area contributed by atoms with Gasteiger partial charge in [0.2, 0.25) is 5.91 Å². The Kier molecular flexibility index (Phi) is 5.75. The summed E-state index contributed by atoms with van der Waals surface area (Å²) in [5, 5.41) is 9.21. The normalized spacial score (nSPS) is 19.4. The third-order valence-corrected chi connectivity index (χ3v) is 6.48. The van der Waals surface area contributed by atoms with E-state index in [4.69, 9.17) is 23.2 Å². The van der Waals surface area contributed by atoms with Crippen molar-refractivity contribution in [3.8, 4) is 0 Å². The zero-order valence-corrected chi connectivity index (χ0v) is 17.4. The number of amides is 2. The van der Waals surface area contributed by atoms with Crippen molar-refractivity contribution in [3.63, 3.8) is 0 Å². The number of halogens is 2. The Morgan fingerprint density at radius 1 is 1.18 bits per heavy atom. The Morgan fingerprint density at radius 3 is 2.79 bits per heavy atom. The molecule has 2 aliphatic rings. The number of likely N-dealkylation sites (tertiary alicyclic amines) is 1. The standard InChI is InChI=1S/C19H20Cl2N4O2S/c20-12-4-3-5-13(16(12)21)23-19-24-14(10-28-19)18(27)25-9-2-1-6-15(25)17(26)22-11-7-8-11/h3-5,10-11,15H,1-2,6-9H2,(H,22,26)(H,23,24). The summed E-state index contributed by atoms with van der Waals surface area (Å²) in [7, 11) is 0. The highest BCUT2D eigenvalue weighted by Gasteiger charge is 2.35. The van der Waals surface area contributed by atoms with Crippen LogP contribution >= 0.6 is 34.5 Å². The van der Waals surface area contributed by atoms with Gasteiger partial charge in [-0.2, -0.15) is 0 Å². The van der Waals surface area contributed by atoms with Gasteiger partial charge in [-0.05, 0) is 44.2 Å². The summed E-state index contributed by atoms with van der Waals surface area (Å²) in [6.45, 7) is 0.571. The highest BCUT2D eigenvalue weighted by atomic mass is 35.5. The lowest BCUT2D eigenvalue weighted by atomic mass is 10.0. The molecule has 0 bridgehead atoms. The minimum absolute atomic E-state index is 0.0464. The Bertz CT molecular complexity index is 900. The first-order valence-corrected chi connectivity index (χ1v) is 10.9. The van der Waals surface area contributed by atoms with Crippen molar-refractivity contribution in [2.24, 2.45) is 0 Å². The van der Waals surface area contributed by atoms with Crippen molar-refractivity contribution in [2.75, 3.05) is 11.9 Å². The van der Waals surface area contributed by atoms with Crippen molar-refractivity contribution >= 4 is 57.2 Å². The second-order valence-corrected chi connectivity index (χ2v) is 8.70. The van der Waals surface area contributed by atoms with Gasteiger partial charge in [-0.3, -0.25) is 9.59 Å². The molecule has 28 heavy (non-hydrogen) atoms. The van der Waals surface area contributed by atoms with E-state index in [1.807, 2.05) is 0 Å². The van der Waals surface area contributed by atoms with E-state index in [9.17, 15) is 9.59 Å². The number of anilines is 2. The lowest BCUT2D eigenvalue weighted by molar-refractivity contribution is -0.126. The molecule has 9 heteroatoms. The summed E-state index contributed by atoms with van der Waals surface area (Å²) in [5.74, 6) is -0.257. The van der Waals surface area contributed by atoms with Crippen LogP contribution in [-0.4, -0.2) is 40.3 Å². The van der Waals surface area contributed by atoms with Crippen LogP contribution in [0.1, 0.15) is 42.6 Å². The fourth-order valence-electron chi connectivity index (χ4n) is 3.26. The van der Waals surface area contributed by atoms with Gasteiger partial charge in [-0.1, -0.05) is 29.3 Å². The molecule has 0 spiro atoms. The maximum Gasteiger partial charge on any atom is 0.274 e. The molecule has 2 aromatic rings. The first-order chi connectivity index (χ1) is 13.5. The van der Waals surface area contributed by atoms with Crippen LogP contribution in [0, 0.1) is 0 Å². The molecule has 6 nitrogen and oxygen atoms in total. The number of benzene rings is 1. The zero-order valence-electron chi connectivity index (χ0n) is 15.1. The Labute approximate surface area is 177 Å². The summed E-state index contributed by atoms with van der Waals surface area (Å²) in [4.78, 5) is 31.6. The van der Waals surface area contributed by atoms with Gasteiger partial charge in [0.15, 0.2) is 5.13 Å². The molecule has 1 saturated carbocycles. The first-order valence-electron chi connectivity index (χ1n) is 9.31. The van der Waals surface area contributed by atoms with E-state index in [-0.39, 0.29) is 17.9 Å². The average Bonchev–Trinajstić information content (AvgIpc) is 3.39. The maximum atomic E-state index is 13.0. The van der Waals surface area contributed by atoms with Gasteiger partial charge in [-0.15, -0.1) is 11.3 Å². The quantitative estimate of drug-likeness (QED) is 0.721. The summed E-state index contributed by atoms with van der Waals surface area (Å²) >= 11 is 13.5. The average molecular weight is 439 g/mol. The molecule has 1 unspecified atom stereocenters. The van der Waals surface area contributed by atoms with Crippen LogP contribution in [0.5, 0.6) is 0 Å². The predicted octanol–water partition coefficient (Wildman–Crippen LogP) is 4.47. The van der Waals surface area contributed by atoms with Gasteiger partial charge in [0, 0.05) is 18.0 Å². The second kappa shape index (κ2) is 8.27. The summed E-state index contributed by atoms with van der Waals surface area (Å²) in [5.41, 5.74) is 0.957. The molecule has 2 fully saturated rings. The highest BCUT2D eigenvalue weighted by molar-refractivity contribution is 7.14.